The Morgan fingerprint density at radius 1 is 1.43 bits per heavy atom. The Morgan fingerprint density at radius 3 is 2.76 bits per heavy atom. The average molecular weight is 292 g/mol. The normalized spacial score (nSPS) is 19.0. The molecule has 0 unspecified atom stereocenters. The number of hydrogen-bond acceptors (Lipinski definition) is 2. The molecule has 1 aromatic rings. The van der Waals surface area contributed by atoms with Gasteiger partial charge in [-0.1, -0.05) is 26.8 Å². The molecule has 114 valence electrons. The van der Waals surface area contributed by atoms with E-state index >= 15 is 0 Å². The predicted octanol–water partition coefficient (Wildman–Crippen LogP) is 2.20. The maximum Gasteiger partial charge on any atom is 0.251 e. The molecule has 2 amide bonds. The van der Waals surface area contributed by atoms with E-state index in [2.05, 4.69) is 26.1 Å². The molecule has 2 rings (SSSR count). The number of nitrogens with one attached hydrogen (secondary N) is 1. The summed E-state index contributed by atoms with van der Waals surface area (Å²) >= 11 is 0. The van der Waals surface area contributed by atoms with Crippen LogP contribution in [0.1, 0.15) is 37.6 Å². The summed E-state index contributed by atoms with van der Waals surface area (Å²) in [5.41, 5.74) is 0.300. The second kappa shape index (κ2) is 5.84. The molecule has 4 nitrogen and oxygen atoms in total. The van der Waals surface area contributed by atoms with E-state index in [1.54, 1.807) is 11.0 Å². The molecule has 1 atom stereocenters. The largest absolute Gasteiger partial charge is 0.347 e. The van der Waals surface area contributed by atoms with Crippen molar-refractivity contribution in [1.82, 2.24) is 10.2 Å². The van der Waals surface area contributed by atoms with Gasteiger partial charge in [-0.05, 0) is 23.6 Å². The van der Waals surface area contributed by atoms with Crippen LogP contribution in [0.4, 0.5) is 4.39 Å². The highest BCUT2D eigenvalue weighted by Crippen LogP contribution is 2.20. The average Bonchev–Trinajstić information content (AvgIpc) is 2.67. The lowest BCUT2D eigenvalue weighted by Crippen LogP contribution is -2.39. The van der Waals surface area contributed by atoms with Crippen molar-refractivity contribution in [3.05, 3.63) is 35.6 Å². The maximum atomic E-state index is 13.1. The molecule has 1 aliphatic heterocycles. The van der Waals surface area contributed by atoms with Crippen molar-refractivity contribution in [2.24, 2.45) is 5.41 Å². The van der Waals surface area contributed by atoms with Gasteiger partial charge in [0, 0.05) is 25.1 Å². The minimum absolute atomic E-state index is 0.0249. The monoisotopic (exact) mass is 292 g/mol. The summed E-state index contributed by atoms with van der Waals surface area (Å²) in [6, 6.07) is 5.33. The lowest BCUT2D eigenvalue weighted by atomic mass is 9.96. The zero-order valence-electron chi connectivity index (χ0n) is 12.6. The van der Waals surface area contributed by atoms with Gasteiger partial charge < -0.3 is 10.2 Å². The number of hydrogen-bond donors (Lipinski definition) is 1. The number of nitrogens with zero attached hydrogens (tertiary/aromatic N) is 1. The minimum atomic E-state index is -0.445. The fourth-order valence-electron chi connectivity index (χ4n) is 2.49. The molecule has 0 spiro atoms. The van der Waals surface area contributed by atoms with Crippen LogP contribution in [0.2, 0.25) is 0 Å². The predicted molar refractivity (Wildman–Crippen MR) is 78.3 cm³/mol. The standard InChI is InChI=1S/C16H21FN2O2/c1-16(2,3)10-19-9-13(8-14(19)20)18-15(21)11-5-4-6-12(17)7-11/h4-7,13H,8-10H2,1-3H3,(H,18,21)/t13-/m1/s1. The van der Waals surface area contributed by atoms with E-state index in [1.807, 2.05) is 0 Å². The number of benzene rings is 1. The lowest BCUT2D eigenvalue weighted by molar-refractivity contribution is -0.128. The second-order valence-corrected chi connectivity index (χ2v) is 6.72. The summed E-state index contributed by atoms with van der Waals surface area (Å²) in [4.78, 5) is 25.8. The third-order valence-electron chi connectivity index (χ3n) is 3.30. The van der Waals surface area contributed by atoms with Gasteiger partial charge in [0.1, 0.15) is 5.82 Å². The molecule has 0 bridgehead atoms. The topological polar surface area (TPSA) is 49.4 Å². The fraction of sp³-hybridized carbons (Fsp3) is 0.500. The zero-order chi connectivity index (χ0) is 15.6. The summed E-state index contributed by atoms with van der Waals surface area (Å²) in [7, 11) is 0. The number of carbonyl (C=O) groups excluding carboxylic acids is 2. The van der Waals surface area contributed by atoms with Gasteiger partial charge in [-0.15, -0.1) is 0 Å². The molecule has 1 N–H and O–H groups in total. The van der Waals surface area contributed by atoms with Crippen LogP contribution in [0.3, 0.4) is 0 Å². The first-order valence-corrected chi connectivity index (χ1v) is 7.09. The summed E-state index contributed by atoms with van der Waals surface area (Å²) in [6.45, 7) is 7.38. The first-order valence-electron chi connectivity index (χ1n) is 7.09. The molecule has 0 saturated carbocycles. The quantitative estimate of drug-likeness (QED) is 0.928. The number of rotatable bonds is 3. The lowest BCUT2D eigenvalue weighted by Gasteiger charge is -2.26. The van der Waals surface area contributed by atoms with Crippen LogP contribution in [-0.4, -0.2) is 35.8 Å². The molecule has 1 fully saturated rings. The van der Waals surface area contributed by atoms with Crippen molar-refractivity contribution in [3.63, 3.8) is 0 Å². The Morgan fingerprint density at radius 2 is 2.14 bits per heavy atom. The molecule has 0 aliphatic carbocycles. The van der Waals surface area contributed by atoms with Crippen molar-refractivity contribution in [1.29, 1.82) is 0 Å². The maximum absolute atomic E-state index is 13.1. The third kappa shape index (κ3) is 4.28. The SMILES string of the molecule is CC(C)(C)CN1C[C@H](NC(=O)c2cccc(F)c2)CC1=O. The molecule has 0 aromatic heterocycles. The number of likely N-dealkylation sites (tertiary alicyclic amines) is 1. The highest BCUT2D eigenvalue weighted by molar-refractivity contribution is 5.95. The molecule has 21 heavy (non-hydrogen) atoms. The van der Waals surface area contributed by atoms with Crippen molar-refractivity contribution in [3.8, 4) is 0 Å². The summed E-state index contributed by atoms with van der Waals surface area (Å²) in [5, 5.41) is 2.80. The van der Waals surface area contributed by atoms with Crippen LogP contribution in [0, 0.1) is 11.2 Å². The number of amides is 2. The Balaban J connectivity index is 1.96. The van der Waals surface area contributed by atoms with E-state index in [-0.39, 0.29) is 28.8 Å². The third-order valence-corrected chi connectivity index (χ3v) is 3.30. The van der Waals surface area contributed by atoms with Crippen molar-refractivity contribution in [2.45, 2.75) is 33.2 Å². The van der Waals surface area contributed by atoms with Crippen molar-refractivity contribution >= 4 is 11.8 Å². The van der Waals surface area contributed by atoms with E-state index in [4.69, 9.17) is 0 Å². The van der Waals surface area contributed by atoms with E-state index < -0.39 is 5.82 Å². The van der Waals surface area contributed by atoms with E-state index in [0.29, 0.717) is 19.5 Å². The number of carbonyl (C=O) groups is 2. The van der Waals surface area contributed by atoms with Crippen LogP contribution < -0.4 is 5.32 Å². The van der Waals surface area contributed by atoms with Gasteiger partial charge in [-0.3, -0.25) is 9.59 Å². The molecule has 0 radical (unpaired) electrons. The molecule has 1 aromatic carbocycles. The first kappa shape index (κ1) is 15.5. The highest BCUT2D eigenvalue weighted by Gasteiger charge is 2.32. The fourth-order valence-corrected chi connectivity index (χ4v) is 2.49. The van der Waals surface area contributed by atoms with Gasteiger partial charge >= 0.3 is 0 Å². The summed E-state index contributed by atoms with van der Waals surface area (Å²) in [5.74, 6) is -0.737. The Labute approximate surface area is 124 Å². The van der Waals surface area contributed by atoms with Crippen LogP contribution in [0.15, 0.2) is 24.3 Å². The van der Waals surface area contributed by atoms with Crippen molar-refractivity contribution in [2.75, 3.05) is 13.1 Å². The molecular formula is C16H21FN2O2. The van der Waals surface area contributed by atoms with Gasteiger partial charge in [0.15, 0.2) is 0 Å². The Hall–Kier alpha value is -1.91. The molecule has 1 aliphatic rings. The van der Waals surface area contributed by atoms with Crippen LogP contribution in [-0.2, 0) is 4.79 Å². The second-order valence-electron chi connectivity index (χ2n) is 6.72. The Kier molecular flexibility index (Phi) is 4.30. The minimum Gasteiger partial charge on any atom is -0.347 e. The van der Waals surface area contributed by atoms with E-state index in [9.17, 15) is 14.0 Å². The molecule has 1 saturated heterocycles. The van der Waals surface area contributed by atoms with E-state index in [1.165, 1.54) is 18.2 Å². The van der Waals surface area contributed by atoms with Crippen LogP contribution in [0.25, 0.3) is 0 Å². The van der Waals surface area contributed by atoms with E-state index in [0.717, 1.165) is 0 Å². The Bertz CT molecular complexity index is 551. The summed E-state index contributed by atoms with van der Waals surface area (Å²) < 4.78 is 13.1. The van der Waals surface area contributed by atoms with Crippen molar-refractivity contribution < 1.29 is 14.0 Å². The van der Waals surface area contributed by atoms with Gasteiger partial charge in [0.05, 0.1) is 6.04 Å². The van der Waals surface area contributed by atoms with Gasteiger partial charge in [0.2, 0.25) is 5.91 Å². The van der Waals surface area contributed by atoms with Crippen LogP contribution >= 0.6 is 0 Å². The molecule has 5 heteroatoms. The van der Waals surface area contributed by atoms with Gasteiger partial charge in [-0.25, -0.2) is 4.39 Å². The highest BCUT2D eigenvalue weighted by atomic mass is 19.1. The molecule has 1 heterocycles. The molecular weight excluding hydrogens is 271 g/mol. The number of halogens is 1. The first-order chi connectivity index (χ1) is 9.74. The zero-order valence-corrected chi connectivity index (χ0v) is 12.6. The summed E-state index contributed by atoms with van der Waals surface area (Å²) in [6.07, 6.45) is 0.303. The van der Waals surface area contributed by atoms with Crippen LogP contribution in [0.5, 0.6) is 0 Å². The van der Waals surface area contributed by atoms with Gasteiger partial charge in [-0.2, -0.15) is 0 Å². The van der Waals surface area contributed by atoms with Gasteiger partial charge in [0.25, 0.3) is 5.91 Å². The smallest absolute Gasteiger partial charge is 0.251 e.